The Morgan fingerprint density at radius 3 is 2.52 bits per heavy atom. The highest BCUT2D eigenvalue weighted by Gasteiger charge is 2.17. The highest BCUT2D eigenvalue weighted by atomic mass is 16.6. The van der Waals surface area contributed by atoms with Gasteiger partial charge in [0.2, 0.25) is 5.76 Å². The molecule has 1 atom stereocenters. The van der Waals surface area contributed by atoms with Crippen molar-refractivity contribution < 1.29 is 23.5 Å². The van der Waals surface area contributed by atoms with Crippen molar-refractivity contribution in [2.75, 3.05) is 7.11 Å². The number of amides is 1. The Bertz CT molecular complexity index is 1130. The van der Waals surface area contributed by atoms with Crippen LogP contribution in [0.5, 0.6) is 11.5 Å². The van der Waals surface area contributed by atoms with Crippen molar-refractivity contribution in [3.05, 3.63) is 89.4 Å². The van der Waals surface area contributed by atoms with E-state index in [0.29, 0.717) is 5.56 Å². The van der Waals surface area contributed by atoms with Crippen LogP contribution in [0.15, 0.2) is 76.9 Å². The van der Waals surface area contributed by atoms with Gasteiger partial charge in [-0.3, -0.25) is 4.79 Å². The van der Waals surface area contributed by atoms with Gasteiger partial charge in [-0.15, -0.1) is 0 Å². The molecule has 31 heavy (non-hydrogen) atoms. The molecular formula is C24H20N2O5. The fourth-order valence-electron chi connectivity index (χ4n) is 2.82. The van der Waals surface area contributed by atoms with Crippen LogP contribution in [0.1, 0.15) is 34.6 Å². The second kappa shape index (κ2) is 9.94. The van der Waals surface area contributed by atoms with Gasteiger partial charge in [-0.2, -0.15) is 5.26 Å². The predicted molar refractivity (Wildman–Crippen MR) is 113 cm³/mol. The fraction of sp³-hybridized carbons (Fsp3) is 0.125. The van der Waals surface area contributed by atoms with E-state index in [-0.39, 0.29) is 28.9 Å². The van der Waals surface area contributed by atoms with E-state index in [1.54, 1.807) is 18.2 Å². The van der Waals surface area contributed by atoms with E-state index in [9.17, 15) is 14.9 Å². The van der Waals surface area contributed by atoms with Crippen molar-refractivity contribution in [3.8, 4) is 17.6 Å². The molecule has 1 N–H and O–H groups in total. The number of ether oxygens (including phenoxy) is 2. The Balaban J connectivity index is 1.76. The van der Waals surface area contributed by atoms with Crippen LogP contribution < -0.4 is 14.8 Å². The van der Waals surface area contributed by atoms with Crippen molar-refractivity contribution >= 4 is 18.0 Å². The Labute approximate surface area is 179 Å². The second-order valence-electron chi connectivity index (χ2n) is 6.55. The van der Waals surface area contributed by atoms with Gasteiger partial charge in [-0.1, -0.05) is 36.4 Å². The van der Waals surface area contributed by atoms with Crippen molar-refractivity contribution in [2.45, 2.75) is 13.0 Å². The molecule has 7 heteroatoms. The van der Waals surface area contributed by atoms with E-state index in [1.807, 2.05) is 43.3 Å². The molecule has 3 rings (SSSR count). The number of carbonyl (C=O) groups is 2. The lowest BCUT2D eigenvalue weighted by Gasteiger charge is -2.14. The molecule has 7 nitrogen and oxygen atoms in total. The van der Waals surface area contributed by atoms with Gasteiger partial charge in [0, 0.05) is 0 Å². The zero-order valence-corrected chi connectivity index (χ0v) is 17.0. The summed E-state index contributed by atoms with van der Waals surface area (Å²) >= 11 is 0. The molecule has 1 aromatic heterocycles. The summed E-state index contributed by atoms with van der Waals surface area (Å²) in [6.45, 7) is 1.84. The van der Waals surface area contributed by atoms with Crippen LogP contribution in [0.25, 0.3) is 6.08 Å². The molecule has 0 aliphatic rings. The van der Waals surface area contributed by atoms with E-state index in [4.69, 9.17) is 13.9 Å². The third kappa shape index (κ3) is 5.40. The molecule has 0 fully saturated rings. The summed E-state index contributed by atoms with van der Waals surface area (Å²) in [6, 6.07) is 18.9. The van der Waals surface area contributed by atoms with Crippen LogP contribution in [0.4, 0.5) is 0 Å². The summed E-state index contributed by atoms with van der Waals surface area (Å²) in [5.74, 6) is -0.655. The highest BCUT2D eigenvalue weighted by molar-refractivity contribution is 6.02. The first-order valence-electron chi connectivity index (χ1n) is 9.43. The Morgan fingerprint density at radius 2 is 1.87 bits per heavy atom. The third-order valence-electron chi connectivity index (χ3n) is 4.44. The molecule has 156 valence electrons. The molecule has 1 amide bonds. The maximum Gasteiger partial charge on any atom is 0.379 e. The van der Waals surface area contributed by atoms with Gasteiger partial charge in [0.05, 0.1) is 19.4 Å². The van der Waals surface area contributed by atoms with Crippen LogP contribution in [-0.2, 0) is 4.79 Å². The molecule has 0 saturated heterocycles. The first-order valence-corrected chi connectivity index (χ1v) is 9.43. The summed E-state index contributed by atoms with van der Waals surface area (Å²) in [7, 11) is 1.42. The molecule has 0 unspecified atom stereocenters. The number of hydrogen-bond acceptors (Lipinski definition) is 6. The Morgan fingerprint density at radius 1 is 1.10 bits per heavy atom. The monoisotopic (exact) mass is 416 g/mol. The van der Waals surface area contributed by atoms with E-state index >= 15 is 0 Å². The molecule has 0 saturated carbocycles. The number of esters is 1. The van der Waals surface area contributed by atoms with Crippen molar-refractivity contribution in [1.82, 2.24) is 5.32 Å². The number of methoxy groups -OCH3 is 1. The Hall–Kier alpha value is -4.31. The maximum absolute atomic E-state index is 12.5. The van der Waals surface area contributed by atoms with Crippen LogP contribution >= 0.6 is 0 Å². The minimum absolute atomic E-state index is 0.0574. The van der Waals surface area contributed by atoms with Crippen molar-refractivity contribution in [3.63, 3.8) is 0 Å². The molecule has 2 aromatic carbocycles. The number of rotatable bonds is 7. The SMILES string of the molecule is COc1cc(/C=C(\C#N)C(=O)N[C@@H](C)c2ccccc2)ccc1OC(=O)c1ccco1. The smallest absolute Gasteiger partial charge is 0.379 e. The summed E-state index contributed by atoms with van der Waals surface area (Å²) in [5, 5.41) is 12.3. The Kier molecular flexibility index (Phi) is 6.86. The number of nitrogens with zero attached hydrogens (tertiary/aromatic N) is 1. The number of benzene rings is 2. The van der Waals surface area contributed by atoms with Gasteiger partial charge in [-0.05, 0) is 48.4 Å². The summed E-state index contributed by atoms with van der Waals surface area (Å²) in [6.07, 6.45) is 2.81. The average molecular weight is 416 g/mol. The molecule has 0 radical (unpaired) electrons. The van der Waals surface area contributed by atoms with E-state index < -0.39 is 11.9 Å². The lowest BCUT2D eigenvalue weighted by Crippen LogP contribution is -2.27. The summed E-state index contributed by atoms with van der Waals surface area (Å²) in [5.41, 5.74) is 1.40. The lowest BCUT2D eigenvalue weighted by atomic mass is 10.1. The van der Waals surface area contributed by atoms with Crippen LogP contribution in [0.3, 0.4) is 0 Å². The number of furan rings is 1. The van der Waals surface area contributed by atoms with Crippen LogP contribution in [0, 0.1) is 11.3 Å². The quantitative estimate of drug-likeness (QED) is 0.267. The average Bonchev–Trinajstić information content (AvgIpc) is 3.34. The van der Waals surface area contributed by atoms with Gasteiger partial charge in [0.25, 0.3) is 5.91 Å². The third-order valence-corrected chi connectivity index (χ3v) is 4.44. The highest BCUT2D eigenvalue weighted by Crippen LogP contribution is 2.30. The van der Waals surface area contributed by atoms with Gasteiger partial charge < -0.3 is 19.2 Å². The first-order chi connectivity index (χ1) is 15.0. The number of carbonyl (C=O) groups excluding carboxylic acids is 2. The van der Waals surface area contributed by atoms with Gasteiger partial charge in [0.1, 0.15) is 11.6 Å². The zero-order valence-electron chi connectivity index (χ0n) is 17.0. The molecule has 0 bridgehead atoms. The second-order valence-corrected chi connectivity index (χ2v) is 6.55. The van der Waals surface area contributed by atoms with Crippen molar-refractivity contribution in [2.24, 2.45) is 0 Å². The van der Waals surface area contributed by atoms with Crippen LogP contribution in [-0.4, -0.2) is 19.0 Å². The molecule has 3 aromatic rings. The minimum Gasteiger partial charge on any atom is -0.493 e. The normalized spacial score (nSPS) is 11.8. The van der Waals surface area contributed by atoms with Gasteiger partial charge >= 0.3 is 5.97 Å². The van der Waals surface area contributed by atoms with Crippen LogP contribution in [0.2, 0.25) is 0 Å². The van der Waals surface area contributed by atoms with E-state index in [1.165, 1.54) is 31.6 Å². The molecule has 0 aliphatic carbocycles. The van der Waals surface area contributed by atoms with Gasteiger partial charge in [0.15, 0.2) is 11.5 Å². The summed E-state index contributed by atoms with van der Waals surface area (Å²) < 4.78 is 15.6. The number of nitriles is 1. The van der Waals surface area contributed by atoms with Gasteiger partial charge in [-0.25, -0.2) is 4.79 Å². The largest absolute Gasteiger partial charge is 0.493 e. The fourth-order valence-corrected chi connectivity index (χ4v) is 2.82. The zero-order chi connectivity index (χ0) is 22.2. The van der Waals surface area contributed by atoms with E-state index in [2.05, 4.69) is 5.32 Å². The van der Waals surface area contributed by atoms with Crippen molar-refractivity contribution in [1.29, 1.82) is 5.26 Å². The number of nitrogens with one attached hydrogen (secondary N) is 1. The van der Waals surface area contributed by atoms with E-state index in [0.717, 1.165) is 5.56 Å². The molecule has 0 spiro atoms. The first kappa shape index (κ1) is 21.4. The maximum atomic E-state index is 12.5. The topological polar surface area (TPSA) is 102 Å². The molecule has 0 aliphatic heterocycles. The molecule has 1 heterocycles. The molecular weight excluding hydrogens is 396 g/mol. The lowest BCUT2D eigenvalue weighted by molar-refractivity contribution is -0.117. The summed E-state index contributed by atoms with van der Waals surface area (Å²) in [4.78, 5) is 24.6. The number of hydrogen-bond donors (Lipinski definition) is 1. The predicted octanol–water partition coefficient (Wildman–Crippen LogP) is 4.29. The minimum atomic E-state index is -0.668. The standard InChI is InChI=1S/C24H20N2O5/c1-16(18-7-4-3-5-8-18)26-23(27)19(15-25)13-17-10-11-20(22(14-17)29-2)31-24(28)21-9-6-12-30-21/h3-14,16H,1-2H3,(H,26,27)/b19-13+/t16-/m0/s1.